The molecule has 5 heteroatoms. The van der Waals surface area contributed by atoms with Gasteiger partial charge in [-0.15, -0.1) is 11.3 Å². The Morgan fingerprint density at radius 1 is 1.39 bits per heavy atom. The molecule has 18 heavy (non-hydrogen) atoms. The third-order valence-electron chi connectivity index (χ3n) is 2.65. The van der Waals surface area contributed by atoms with Crippen LogP contribution in [-0.2, 0) is 6.54 Å². The van der Waals surface area contributed by atoms with E-state index in [-0.39, 0.29) is 0 Å². The molecule has 0 amide bonds. The predicted molar refractivity (Wildman–Crippen MR) is 83.8 cm³/mol. The lowest BCUT2D eigenvalue weighted by Crippen LogP contribution is -2.21. The Hall–Kier alpha value is -1.10. The van der Waals surface area contributed by atoms with Crippen molar-refractivity contribution < 1.29 is 0 Å². The second-order valence-electron chi connectivity index (χ2n) is 3.93. The first kappa shape index (κ1) is 13.3. The third kappa shape index (κ3) is 2.83. The molecule has 94 valence electrons. The normalized spacial score (nSPS) is 10.3. The number of hydrogen-bond donors (Lipinski definition) is 1. The average Bonchev–Trinajstić information content (AvgIpc) is 2.75. The Bertz CT molecular complexity index is 566. The summed E-state index contributed by atoms with van der Waals surface area (Å²) in [5.74, 6) is 0. The fourth-order valence-corrected chi connectivity index (χ4v) is 3.07. The Morgan fingerprint density at radius 3 is 2.72 bits per heavy atom. The maximum Gasteiger partial charge on any atom is 0.106 e. The van der Waals surface area contributed by atoms with E-state index in [4.69, 9.17) is 29.6 Å². The van der Waals surface area contributed by atoms with Crippen LogP contribution in [0.25, 0.3) is 0 Å². The van der Waals surface area contributed by atoms with E-state index in [1.165, 1.54) is 0 Å². The summed E-state index contributed by atoms with van der Waals surface area (Å²) in [5, 5.41) is 2.80. The van der Waals surface area contributed by atoms with Gasteiger partial charge >= 0.3 is 0 Å². The van der Waals surface area contributed by atoms with Crippen molar-refractivity contribution in [1.82, 2.24) is 0 Å². The van der Waals surface area contributed by atoms with Gasteiger partial charge in [0.15, 0.2) is 0 Å². The summed E-state index contributed by atoms with van der Waals surface area (Å²) in [6.07, 6.45) is 0. The molecule has 0 bridgehead atoms. The van der Waals surface area contributed by atoms with Crippen LogP contribution in [0.4, 0.5) is 5.69 Å². The molecule has 0 atom stereocenters. The lowest BCUT2D eigenvalue weighted by Gasteiger charge is -2.21. The first-order valence-corrected chi connectivity index (χ1v) is 7.08. The molecule has 1 aromatic heterocycles. The smallest absolute Gasteiger partial charge is 0.106 e. The second-order valence-corrected chi connectivity index (χ2v) is 5.78. The molecule has 2 aromatic rings. The first-order valence-electron chi connectivity index (χ1n) is 5.41. The van der Waals surface area contributed by atoms with Gasteiger partial charge in [0.25, 0.3) is 0 Å². The molecule has 0 saturated heterocycles. The maximum atomic E-state index is 6.11. The van der Waals surface area contributed by atoms with E-state index in [1.54, 1.807) is 11.3 Å². The number of halogens is 1. The number of nitrogens with two attached hydrogens (primary N) is 1. The molecule has 2 nitrogen and oxygen atoms in total. The van der Waals surface area contributed by atoms with Gasteiger partial charge in [0, 0.05) is 23.2 Å². The molecular weight excluding hydrogens is 284 g/mol. The number of nitrogens with zero attached hydrogens (tertiary/aromatic N) is 1. The minimum atomic E-state index is 0.412. The maximum absolute atomic E-state index is 6.11. The van der Waals surface area contributed by atoms with E-state index in [0.717, 1.165) is 27.7 Å². The first-order chi connectivity index (χ1) is 8.59. The standard InChI is InChI=1S/C13H13ClN2S2/c1-16(8-12-10(14)6-7-18-12)11-5-3-2-4-9(11)13(15)17/h2-7H,8H2,1H3,(H2,15,17). The van der Waals surface area contributed by atoms with Crippen LogP contribution in [-0.4, -0.2) is 12.0 Å². The van der Waals surface area contributed by atoms with Crippen LogP contribution >= 0.6 is 35.2 Å². The van der Waals surface area contributed by atoms with E-state index < -0.39 is 0 Å². The fraction of sp³-hybridized carbons (Fsp3) is 0.154. The molecule has 0 radical (unpaired) electrons. The molecule has 1 heterocycles. The van der Waals surface area contributed by atoms with Gasteiger partial charge in [0.05, 0.1) is 11.6 Å². The van der Waals surface area contributed by atoms with Gasteiger partial charge in [0.2, 0.25) is 0 Å². The van der Waals surface area contributed by atoms with Crippen molar-refractivity contribution in [3.05, 3.63) is 51.2 Å². The summed E-state index contributed by atoms with van der Waals surface area (Å²) in [4.78, 5) is 3.65. The Balaban J connectivity index is 2.26. The highest BCUT2D eigenvalue weighted by molar-refractivity contribution is 7.80. The zero-order valence-corrected chi connectivity index (χ0v) is 12.3. The van der Waals surface area contributed by atoms with Crippen molar-refractivity contribution in [3.8, 4) is 0 Å². The molecule has 0 aliphatic carbocycles. The molecule has 2 N–H and O–H groups in total. The molecule has 0 spiro atoms. The highest BCUT2D eigenvalue weighted by atomic mass is 35.5. The molecule has 0 fully saturated rings. The van der Waals surface area contributed by atoms with E-state index in [2.05, 4.69) is 4.90 Å². The Kier molecular flexibility index (Phi) is 4.22. The minimum absolute atomic E-state index is 0.412. The van der Waals surface area contributed by atoms with Gasteiger partial charge in [0.1, 0.15) is 4.99 Å². The van der Waals surface area contributed by atoms with Crippen LogP contribution in [0, 0.1) is 0 Å². The number of thiocarbonyl (C=S) groups is 1. The molecule has 1 aromatic carbocycles. The van der Waals surface area contributed by atoms with Crippen molar-refractivity contribution in [3.63, 3.8) is 0 Å². The monoisotopic (exact) mass is 296 g/mol. The van der Waals surface area contributed by atoms with Crippen LogP contribution in [0.1, 0.15) is 10.4 Å². The summed E-state index contributed by atoms with van der Waals surface area (Å²) in [5.41, 5.74) is 7.65. The van der Waals surface area contributed by atoms with Gasteiger partial charge in [-0.1, -0.05) is 36.0 Å². The number of rotatable bonds is 4. The zero-order chi connectivity index (χ0) is 13.1. The molecule has 2 rings (SSSR count). The van der Waals surface area contributed by atoms with Crippen LogP contribution in [0.3, 0.4) is 0 Å². The van der Waals surface area contributed by atoms with Crippen LogP contribution in [0.5, 0.6) is 0 Å². The summed E-state index contributed by atoms with van der Waals surface area (Å²) in [7, 11) is 2.01. The van der Waals surface area contributed by atoms with Gasteiger partial charge < -0.3 is 10.6 Å². The van der Waals surface area contributed by atoms with E-state index in [1.807, 2.05) is 42.8 Å². The van der Waals surface area contributed by atoms with E-state index >= 15 is 0 Å². The molecule has 0 unspecified atom stereocenters. The number of hydrogen-bond acceptors (Lipinski definition) is 3. The SMILES string of the molecule is CN(Cc1sccc1Cl)c1ccccc1C(N)=S. The number of thiophene rings is 1. The number of para-hydroxylation sites is 1. The predicted octanol–water partition coefficient (Wildman–Crippen LogP) is 3.67. The van der Waals surface area contributed by atoms with Crippen molar-refractivity contribution in [2.24, 2.45) is 5.73 Å². The second kappa shape index (κ2) is 5.69. The van der Waals surface area contributed by atoms with Gasteiger partial charge in [-0.3, -0.25) is 0 Å². The van der Waals surface area contributed by atoms with E-state index in [0.29, 0.717) is 4.99 Å². The van der Waals surface area contributed by atoms with Crippen molar-refractivity contribution in [1.29, 1.82) is 0 Å². The van der Waals surface area contributed by atoms with Gasteiger partial charge in [-0.2, -0.15) is 0 Å². The van der Waals surface area contributed by atoms with Gasteiger partial charge in [-0.25, -0.2) is 0 Å². The van der Waals surface area contributed by atoms with E-state index in [9.17, 15) is 0 Å². The molecule has 0 saturated carbocycles. The Labute approximate surface area is 121 Å². The molecule has 0 aliphatic heterocycles. The van der Waals surface area contributed by atoms with Crippen LogP contribution < -0.4 is 10.6 Å². The fourth-order valence-electron chi connectivity index (χ4n) is 1.75. The lowest BCUT2D eigenvalue weighted by molar-refractivity contribution is 0.939. The zero-order valence-electron chi connectivity index (χ0n) is 9.89. The van der Waals surface area contributed by atoms with Crippen LogP contribution in [0.15, 0.2) is 35.7 Å². The van der Waals surface area contributed by atoms with Gasteiger partial charge in [-0.05, 0) is 23.6 Å². The quantitative estimate of drug-likeness (QED) is 0.873. The molecular formula is C13H13ClN2S2. The highest BCUT2D eigenvalue weighted by Gasteiger charge is 2.11. The largest absolute Gasteiger partial charge is 0.389 e. The number of benzene rings is 1. The summed E-state index contributed by atoms with van der Waals surface area (Å²) >= 11 is 12.8. The highest BCUT2D eigenvalue weighted by Crippen LogP contribution is 2.27. The van der Waals surface area contributed by atoms with Crippen molar-refractivity contribution in [2.45, 2.75) is 6.54 Å². The third-order valence-corrected chi connectivity index (χ3v) is 4.24. The summed E-state index contributed by atoms with van der Waals surface area (Å²) < 4.78 is 0. The van der Waals surface area contributed by atoms with Crippen molar-refractivity contribution >= 4 is 45.8 Å². The minimum Gasteiger partial charge on any atom is -0.389 e. The Morgan fingerprint density at radius 2 is 2.11 bits per heavy atom. The molecule has 0 aliphatic rings. The summed E-state index contributed by atoms with van der Waals surface area (Å²) in [6.45, 7) is 0.746. The lowest BCUT2D eigenvalue weighted by atomic mass is 10.1. The van der Waals surface area contributed by atoms with Crippen molar-refractivity contribution in [2.75, 3.05) is 11.9 Å². The summed E-state index contributed by atoms with van der Waals surface area (Å²) in [6, 6.07) is 9.77. The topological polar surface area (TPSA) is 29.3 Å². The average molecular weight is 297 g/mol. The number of anilines is 1. The van der Waals surface area contributed by atoms with Crippen LogP contribution in [0.2, 0.25) is 5.02 Å².